The molecular weight excluding hydrogens is 588 g/mol. The molecule has 2 aromatic carbocycles. The molecule has 0 amide bonds. The van der Waals surface area contributed by atoms with Crippen molar-refractivity contribution < 1.29 is 28.9 Å². The van der Waals surface area contributed by atoms with Crippen LogP contribution in [0.4, 0.5) is 11.4 Å². The predicted octanol–water partition coefficient (Wildman–Crippen LogP) is 8.10. The lowest BCUT2D eigenvalue weighted by atomic mass is 9.47. The number of benzene rings is 2. The van der Waals surface area contributed by atoms with Crippen molar-refractivity contribution in [1.82, 2.24) is 0 Å². The van der Waals surface area contributed by atoms with E-state index in [1.807, 2.05) is 0 Å². The fourth-order valence-electron chi connectivity index (χ4n) is 9.62. The topological polar surface area (TPSA) is 139 Å². The third-order valence-corrected chi connectivity index (χ3v) is 12.2. The monoisotopic (exact) mass is 630 g/mol. The van der Waals surface area contributed by atoms with Crippen molar-refractivity contribution in [1.29, 1.82) is 0 Å². The van der Waals surface area contributed by atoms with Gasteiger partial charge in [-0.3, -0.25) is 20.2 Å². The molecule has 2 unspecified atom stereocenters. The van der Waals surface area contributed by atoms with Gasteiger partial charge >= 0.3 is 11.9 Å². The summed E-state index contributed by atoms with van der Waals surface area (Å²) in [5.41, 5.74) is 2.46. The number of nitro groups is 2. The first-order valence-corrected chi connectivity index (χ1v) is 16.5. The van der Waals surface area contributed by atoms with Gasteiger partial charge in [-0.25, -0.2) is 9.59 Å². The lowest BCUT2D eigenvalue weighted by Gasteiger charge is -2.58. The van der Waals surface area contributed by atoms with Crippen LogP contribution in [0.5, 0.6) is 0 Å². The van der Waals surface area contributed by atoms with Gasteiger partial charge in [0.05, 0.1) is 27.6 Å². The van der Waals surface area contributed by atoms with Crippen LogP contribution in [0.3, 0.4) is 0 Å². The molecule has 0 bridgehead atoms. The Labute approximate surface area is 268 Å². The summed E-state index contributed by atoms with van der Waals surface area (Å²) in [6.45, 7) is 7.38. The molecule has 3 saturated carbocycles. The molecule has 10 nitrogen and oxygen atoms in total. The summed E-state index contributed by atoms with van der Waals surface area (Å²) >= 11 is 0. The van der Waals surface area contributed by atoms with Gasteiger partial charge in [-0.2, -0.15) is 0 Å². The maximum Gasteiger partial charge on any atom is 0.338 e. The van der Waals surface area contributed by atoms with Crippen LogP contribution in [0, 0.1) is 60.6 Å². The molecule has 0 heterocycles. The highest BCUT2D eigenvalue weighted by atomic mass is 16.6. The highest BCUT2D eigenvalue weighted by Gasteiger charge is 2.58. The number of hydrogen-bond acceptors (Lipinski definition) is 8. The third-order valence-electron chi connectivity index (χ3n) is 12.2. The minimum atomic E-state index is -0.486. The second kappa shape index (κ2) is 12.3. The quantitative estimate of drug-likeness (QED) is 0.123. The van der Waals surface area contributed by atoms with Gasteiger partial charge in [0.25, 0.3) is 11.4 Å². The van der Waals surface area contributed by atoms with Gasteiger partial charge < -0.3 is 9.47 Å². The van der Waals surface area contributed by atoms with Crippen molar-refractivity contribution in [2.24, 2.45) is 40.4 Å². The Hall–Kier alpha value is -4.08. The lowest BCUT2D eigenvalue weighted by molar-refractivity contribution is -0.385. The molecule has 0 N–H and O–H groups in total. The van der Waals surface area contributed by atoms with E-state index < -0.39 is 21.8 Å². The van der Waals surface area contributed by atoms with Crippen molar-refractivity contribution in [3.8, 4) is 0 Å². The number of hydrogen-bond donors (Lipinski definition) is 0. The predicted molar refractivity (Wildman–Crippen MR) is 170 cm³/mol. The number of rotatable bonds is 8. The van der Waals surface area contributed by atoms with Gasteiger partial charge in [0.2, 0.25) is 0 Å². The number of ether oxygens (including phenoxy) is 2. The molecule has 0 saturated heterocycles. The van der Waals surface area contributed by atoms with E-state index in [9.17, 15) is 29.8 Å². The average Bonchev–Trinajstić information content (AvgIpc) is 3.41. The number of nitrogens with zero attached hydrogens (tertiary/aromatic N) is 2. The smallest absolute Gasteiger partial charge is 0.338 e. The molecule has 3 fully saturated rings. The SMILES string of the molecule is CC(COC(=O)c1ccc([N+](=O)[O-])cc1)[C@H]1CC[C@H]2C3=CCC4C[C@H](OC(=O)c5ccc([N+](=O)[O-])cc5)CC[C@]4(C)[C@H]3CC[C@]12C. The first kappa shape index (κ1) is 31.9. The van der Waals surface area contributed by atoms with E-state index in [-0.39, 0.29) is 34.2 Å². The summed E-state index contributed by atoms with van der Waals surface area (Å²) in [7, 11) is 0. The van der Waals surface area contributed by atoms with Crippen LogP contribution in [0.2, 0.25) is 0 Å². The van der Waals surface area contributed by atoms with Crippen molar-refractivity contribution in [2.75, 3.05) is 6.61 Å². The van der Waals surface area contributed by atoms with Gasteiger partial charge in [-0.05, 0) is 116 Å². The van der Waals surface area contributed by atoms with Crippen molar-refractivity contribution in [2.45, 2.75) is 78.2 Å². The number of carbonyl (C=O) groups is 2. The van der Waals surface area contributed by atoms with Crippen LogP contribution < -0.4 is 0 Å². The van der Waals surface area contributed by atoms with Crippen molar-refractivity contribution in [3.05, 3.63) is 91.5 Å². The Bertz CT molecular complexity index is 1550. The highest BCUT2D eigenvalue weighted by Crippen LogP contribution is 2.66. The van der Waals surface area contributed by atoms with Crippen molar-refractivity contribution >= 4 is 23.3 Å². The standard InChI is InChI=1S/C36H42N2O8/c1-22(21-45-33(39)23-4-9-26(10-5-23)37(41)42)30-14-15-31-29-13-8-25-20-28(16-18-35(25,2)32(29)17-19-36(30,31)3)46-34(40)24-6-11-27(12-7-24)38(43)44/h4-7,9-13,22,25,28,30-32H,8,14-21H2,1-3H3/t22?,25?,28-,30-,31+,32+,35+,36-/m1/s1. The zero-order chi connectivity index (χ0) is 32.8. The van der Waals surface area contributed by atoms with Gasteiger partial charge in [-0.1, -0.05) is 32.4 Å². The number of non-ortho nitro benzene ring substituents is 2. The van der Waals surface area contributed by atoms with Gasteiger partial charge in [0.1, 0.15) is 6.10 Å². The molecule has 8 atom stereocenters. The number of nitro benzene ring substituents is 2. The van der Waals surface area contributed by atoms with Crippen LogP contribution in [0.25, 0.3) is 0 Å². The van der Waals surface area contributed by atoms with Crippen LogP contribution in [0.15, 0.2) is 60.2 Å². The first-order chi connectivity index (χ1) is 21.9. The summed E-state index contributed by atoms with van der Waals surface area (Å²) in [6, 6.07) is 11.1. The van der Waals surface area contributed by atoms with Gasteiger partial charge in [0.15, 0.2) is 0 Å². The molecule has 0 aromatic heterocycles. The Morgan fingerprint density at radius 2 is 1.39 bits per heavy atom. The summed E-state index contributed by atoms with van der Waals surface area (Å²) in [5.74, 6) is 1.22. The summed E-state index contributed by atoms with van der Waals surface area (Å²) < 4.78 is 11.6. The van der Waals surface area contributed by atoms with Crippen LogP contribution in [-0.2, 0) is 9.47 Å². The first-order valence-electron chi connectivity index (χ1n) is 16.5. The molecule has 0 radical (unpaired) electrons. The third kappa shape index (κ3) is 5.71. The zero-order valence-electron chi connectivity index (χ0n) is 26.7. The lowest BCUT2D eigenvalue weighted by Crippen LogP contribution is -2.50. The van der Waals surface area contributed by atoms with E-state index in [0.29, 0.717) is 41.4 Å². The molecule has 4 aliphatic carbocycles. The van der Waals surface area contributed by atoms with E-state index in [4.69, 9.17) is 9.47 Å². The average molecular weight is 631 g/mol. The van der Waals surface area contributed by atoms with E-state index in [1.165, 1.54) is 48.5 Å². The number of allylic oxidation sites excluding steroid dienone is 2. The second-order valence-electron chi connectivity index (χ2n) is 14.5. The molecule has 0 spiro atoms. The maximum absolute atomic E-state index is 12.8. The van der Waals surface area contributed by atoms with E-state index in [1.54, 1.807) is 5.57 Å². The fourth-order valence-corrected chi connectivity index (χ4v) is 9.62. The van der Waals surface area contributed by atoms with E-state index in [0.717, 1.165) is 51.4 Å². The summed E-state index contributed by atoms with van der Waals surface area (Å²) in [6.07, 6.45) is 10.5. The number of carbonyl (C=O) groups excluding carboxylic acids is 2. The molecule has 244 valence electrons. The number of esters is 2. The van der Waals surface area contributed by atoms with E-state index in [2.05, 4.69) is 26.8 Å². The Balaban J connectivity index is 1.07. The van der Waals surface area contributed by atoms with Crippen LogP contribution >= 0.6 is 0 Å². The molecular formula is C36H42N2O8. The number of fused-ring (bicyclic) bond motifs is 5. The fraction of sp³-hybridized carbons (Fsp3) is 0.556. The summed E-state index contributed by atoms with van der Waals surface area (Å²) in [5, 5.41) is 21.9. The Kier molecular flexibility index (Phi) is 8.50. The van der Waals surface area contributed by atoms with Gasteiger partial charge in [0, 0.05) is 24.3 Å². The Morgan fingerprint density at radius 1 is 0.826 bits per heavy atom. The molecule has 46 heavy (non-hydrogen) atoms. The van der Waals surface area contributed by atoms with Crippen LogP contribution in [0.1, 0.15) is 92.9 Å². The minimum absolute atomic E-state index is 0.0514. The second-order valence-corrected chi connectivity index (χ2v) is 14.5. The Morgan fingerprint density at radius 3 is 2.00 bits per heavy atom. The largest absolute Gasteiger partial charge is 0.462 e. The van der Waals surface area contributed by atoms with Gasteiger partial charge in [-0.15, -0.1) is 0 Å². The summed E-state index contributed by atoms with van der Waals surface area (Å²) in [4.78, 5) is 46.5. The molecule has 10 heteroatoms. The maximum atomic E-state index is 12.8. The highest BCUT2D eigenvalue weighted by molar-refractivity contribution is 5.90. The van der Waals surface area contributed by atoms with Crippen molar-refractivity contribution in [3.63, 3.8) is 0 Å². The zero-order valence-corrected chi connectivity index (χ0v) is 26.7. The molecule has 0 aliphatic heterocycles. The van der Waals surface area contributed by atoms with E-state index >= 15 is 0 Å². The minimum Gasteiger partial charge on any atom is -0.462 e. The van der Waals surface area contributed by atoms with Crippen LogP contribution in [-0.4, -0.2) is 34.5 Å². The molecule has 4 aliphatic rings. The molecule has 2 aromatic rings. The molecule has 6 rings (SSSR count). The normalized spacial score (nSPS) is 32.2.